The normalized spacial score (nSPS) is 16.6. The summed E-state index contributed by atoms with van der Waals surface area (Å²) in [5, 5.41) is 4.19. The van der Waals surface area contributed by atoms with Gasteiger partial charge in [-0.15, -0.1) is 0 Å². The highest BCUT2D eigenvalue weighted by molar-refractivity contribution is 6.06. The molecule has 1 saturated carbocycles. The van der Waals surface area contributed by atoms with E-state index in [0.29, 0.717) is 16.3 Å². The average molecular weight is 285 g/mol. The number of rotatable bonds is 2. The number of fused-ring (bicyclic) bond motifs is 1. The Morgan fingerprint density at radius 3 is 2.43 bits per heavy atom. The van der Waals surface area contributed by atoms with E-state index in [0.717, 1.165) is 25.7 Å². The van der Waals surface area contributed by atoms with Crippen LogP contribution in [0.1, 0.15) is 48.9 Å². The SMILES string of the molecule is O=C(NC1CCCCCC1)c1coc(=O)c2ccccc12. The number of amides is 1. The van der Waals surface area contributed by atoms with Gasteiger partial charge >= 0.3 is 5.63 Å². The van der Waals surface area contributed by atoms with Crippen molar-refractivity contribution in [3.8, 4) is 0 Å². The zero-order valence-electron chi connectivity index (χ0n) is 11.9. The lowest BCUT2D eigenvalue weighted by Gasteiger charge is -2.16. The van der Waals surface area contributed by atoms with Crippen LogP contribution in [0.15, 0.2) is 39.7 Å². The van der Waals surface area contributed by atoms with Gasteiger partial charge in [0, 0.05) is 11.4 Å². The fraction of sp³-hybridized carbons (Fsp3) is 0.412. The van der Waals surface area contributed by atoms with Crippen LogP contribution in [0.4, 0.5) is 0 Å². The highest BCUT2D eigenvalue weighted by atomic mass is 16.4. The quantitative estimate of drug-likeness (QED) is 0.862. The summed E-state index contributed by atoms with van der Waals surface area (Å²) in [6.07, 6.45) is 8.15. The molecule has 0 spiro atoms. The van der Waals surface area contributed by atoms with Crippen LogP contribution in [0.5, 0.6) is 0 Å². The lowest BCUT2D eigenvalue weighted by atomic mass is 10.1. The summed E-state index contributed by atoms with van der Waals surface area (Å²) in [5.41, 5.74) is 0.0334. The van der Waals surface area contributed by atoms with Crippen LogP contribution in [0.3, 0.4) is 0 Å². The predicted octanol–water partition coefficient (Wildman–Crippen LogP) is 3.25. The van der Waals surface area contributed by atoms with Crippen LogP contribution in [-0.4, -0.2) is 11.9 Å². The van der Waals surface area contributed by atoms with Gasteiger partial charge in [-0.1, -0.05) is 43.9 Å². The predicted molar refractivity (Wildman–Crippen MR) is 81.4 cm³/mol. The first-order valence-corrected chi connectivity index (χ1v) is 7.57. The molecule has 1 amide bonds. The van der Waals surface area contributed by atoms with Crippen LogP contribution >= 0.6 is 0 Å². The Balaban J connectivity index is 1.87. The van der Waals surface area contributed by atoms with Crippen LogP contribution in [0.2, 0.25) is 0 Å². The summed E-state index contributed by atoms with van der Waals surface area (Å²) in [5.74, 6) is -0.151. The second kappa shape index (κ2) is 6.12. The lowest BCUT2D eigenvalue weighted by Crippen LogP contribution is -2.34. The molecule has 1 heterocycles. The smallest absolute Gasteiger partial charge is 0.343 e. The van der Waals surface area contributed by atoms with Crippen molar-refractivity contribution in [1.29, 1.82) is 0 Å². The third-order valence-electron chi connectivity index (χ3n) is 4.16. The van der Waals surface area contributed by atoms with Gasteiger partial charge in [0.25, 0.3) is 5.91 Å². The van der Waals surface area contributed by atoms with E-state index in [1.165, 1.54) is 19.1 Å². The Morgan fingerprint density at radius 1 is 1.05 bits per heavy atom. The summed E-state index contributed by atoms with van der Waals surface area (Å²) >= 11 is 0. The van der Waals surface area contributed by atoms with Crippen LogP contribution in [-0.2, 0) is 0 Å². The number of benzene rings is 1. The highest BCUT2D eigenvalue weighted by Gasteiger charge is 2.18. The van der Waals surface area contributed by atoms with Crippen LogP contribution in [0, 0.1) is 0 Å². The van der Waals surface area contributed by atoms with Crippen molar-refractivity contribution in [2.75, 3.05) is 0 Å². The Bertz CT molecular complexity index is 696. The van der Waals surface area contributed by atoms with E-state index >= 15 is 0 Å². The van der Waals surface area contributed by atoms with Crippen molar-refractivity contribution < 1.29 is 9.21 Å². The molecule has 0 unspecified atom stereocenters. The van der Waals surface area contributed by atoms with E-state index in [-0.39, 0.29) is 11.9 Å². The first-order chi connectivity index (χ1) is 10.3. The highest BCUT2D eigenvalue weighted by Crippen LogP contribution is 2.19. The van der Waals surface area contributed by atoms with Crippen LogP contribution < -0.4 is 10.9 Å². The molecule has 1 aromatic carbocycles. The van der Waals surface area contributed by atoms with E-state index in [2.05, 4.69) is 5.32 Å². The summed E-state index contributed by atoms with van der Waals surface area (Å²) in [6.45, 7) is 0. The number of hydrogen-bond acceptors (Lipinski definition) is 3. The second-order valence-corrected chi connectivity index (χ2v) is 5.64. The fourth-order valence-corrected chi connectivity index (χ4v) is 3.00. The molecule has 0 bridgehead atoms. The molecular weight excluding hydrogens is 266 g/mol. The Hall–Kier alpha value is -2.10. The minimum absolute atomic E-state index is 0.151. The number of nitrogens with one attached hydrogen (secondary N) is 1. The Kier molecular flexibility index (Phi) is 4.04. The van der Waals surface area contributed by atoms with Crippen molar-refractivity contribution >= 4 is 16.7 Å². The van der Waals surface area contributed by atoms with Gasteiger partial charge in [-0.25, -0.2) is 4.79 Å². The zero-order chi connectivity index (χ0) is 14.7. The topological polar surface area (TPSA) is 59.3 Å². The third kappa shape index (κ3) is 2.99. The number of carbonyl (C=O) groups excluding carboxylic acids is 1. The van der Waals surface area contributed by atoms with Gasteiger partial charge < -0.3 is 9.73 Å². The van der Waals surface area contributed by atoms with Crippen molar-refractivity contribution in [3.63, 3.8) is 0 Å². The molecule has 0 atom stereocenters. The molecule has 3 rings (SSSR count). The molecule has 0 saturated heterocycles. The van der Waals surface area contributed by atoms with Gasteiger partial charge in [0.15, 0.2) is 0 Å². The molecule has 1 aromatic heterocycles. The Morgan fingerprint density at radius 2 is 1.71 bits per heavy atom. The minimum atomic E-state index is -0.406. The van der Waals surface area contributed by atoms with E-state index in [1.807, 2.05) is 6.07 Å². The number of hydrogen-bond donors (Lipinski definition) is 1. The maximum Gasteiger partial charge on any atom is 0.343 e. The third-order valence-corrected chi connectivity index (χ3v) is 4.16. The Labute approximate surface area is 123 Å². The molecule has 4 heteroatoms. The second-order valence-electron chi connectivity index (χ2n) is 5.64. The van der Waals surface area contributed by atoms with Crippen molar-refractivity contribution in [2.45, 2.75) is 44.6 Å². The van der Waals surface area contributed by atoms with Crippen molar-refractivity contribution in [3.05, 3.63) is 46.5 Å². The molecular formula is C17H19NO3. The standard InChI is InChI=1S/C17H19NO3/c19-16(18-12-7-3-1-2-4-8-12)15-11-21-17(20)14-10-6-5-9-13(14)15/h5-6,9-12H,1-4,7-8H2,(H,18,19). The first-order valence-electron chi connectivity index (χ1n) is 7.57. The summed E-state index contributed by atoms with van der Waals surface area (Å²) in [7, 11) is 0. The maximum atomic E-state index is 12.5. The van der Waals surface area contributed by atoms with Gasteiger partial charge in [0.05, 0.1) is 10.9 Å². The van der Waals surface area contributed by atoms with E-state index in [1.54, 1.807) is 18.2 Å². The van der Waals surface area contributed by atoms with E-state index < -0.39 is 5.63 Å². The average Bonchev–Trinajstić information content (AvgIpc) is 2.76. The monoisotopic (exact) mass is 285 g/mol. The zero-order valence-corrected chi connectivity index (χ0v) is 11.9. The molecule has 1 fully saturated rings. The molecule has 110 valence electrons. The summed E-state index contributed by atoms with van der Waals surface area (Å²) in [4.78, 5) is 24.2. The lowest BCUT2D eigenvalue weighted by molar-refractivity contribution is 0.0933. The molecule has 1 aliphatic carbocycles. The van der Waals surface area contributed by atoms with E-state index in [4.69, 9.17) is 4.42 Å². The van der Waals surface area contributed by atoms with Crippen molar-refractivity contribution in [2.24, 2.45) is 0 Å². The van der Waals surface area contributed by atoms with Crippen LogP contribution in [0.25, 0.3) is 10.8 Å². The molecule has 1 N–H and O–H groups in total. The minimum Gasteiger partial charge on any atom is -0.430 e. The maximum absolute atomic E-state index is 12.5. The summed E-state index contributed by atoms with van der Waals surface area (Å²) in [6, 6.07) is 7.29. The molecule has 0 radical (unpaired) electrons. The molecule has 2 aromatic rings. The fourth-order valence-electron chi connectivity index (χ4n) is 3.00. The van der Waals surface area contributed by atoms with Crippen molar-refractivity contribution in [1.82, 2.24) is 5.32 Å². The largest absolute Gasteiger partial charge is 0.430 e. The molecule has 21 heavy (non-hydrogen) atoms. The van der Waals surface area contributed by atoms with Gasteiger partial charge in [0.2, 0.25) is 0 Å². The molecule has 1 aliphatic rings. The van der Waals surface area contributed by atoms with Gasteiger partial charge in [0.1, 0.15) is 6.26 Å². The number of carbonyl (C=O) groups is 1. The molecule has 0 aliphatic heterocycles. The first kappa shape index (κ1) is 13.9. The summed E-state index contributed by atoms with van der Waals surface area (Å²) < 4.78 is 4.99. The van der Waals surface area contributed by atoms with E-state index in [9.17, 15) is 9.59 Å². The molecule has 4 nitrogen and oxygen atoms in total. The van der Waals surface area contributed by atoms with Gasteiger partial charge in [-0.3, -0.25) is 4.79 Å². The van der Waals surface area contributed by atoms with Gasteiger partial charge in [-0.05, 0) is 18.9 Å². The van der Waals surface area contributed by atoms with Gasteiger partial charge in [-0.2, -0.15) is 0 Å².